The molecule has 0 radical (unpaired) electrons. The van der Waals surface area contributed by atoms with Crippen LogP contribution in [0.15, 0.2) is 41.5 Å². The monoisotopic (exact) mass is 341 g/mol. The van der Waals surface area contributed by atoms with Crippen molar-refractivity contribution in [1.82, 2.24) is 9.97 Å². The molecule has 2 N–H and O–H groups in total. The number of amides is 1. The number of H-pyrrole nitrogens is 1. The Labute approximate surface area is 145 Å². The fraction of sp³-hybridized carbons (Fsp3) is 0.353. The van der Waals surface area contributed by atoms with Gasteiger partial charge in [0.25, 0.3) is 11.5 Å². The number of carbonyl (C=O) groups excluding carboxylic acids is 1. The molecule has 1 fully saturated rings. The van der Waals surface area contributed by atoms with Gasteiger partial charge in [-0.3, -0.25) is 14.6 Å². The van der Waals surface area contributed by atoms with E-state index in [0.29, 0.717) is 11.3 Å². The average molecular weight is 341 g/mol. The van der Waals surface area contributed by atoms with E-state index in [1.165, 1.54) is 12.3 Å². The molecule has 0 aliphatic carbocycles. The van der Waals surface area contributed by atoms with Gasteiger partial charge >= 0.3 is 7.12 Å². The molecule has 2 aromatic heterocycles. The number of nitrogens with one attached hydrogen (secondary N) is 2. The minimum atomic E-state index is -0.623. The highest BCUT2D eigenvalue weighted by molar-refractivity contribution is 6.61. The lowest BCUT2D eigenvalue weighted by molar-refractivity contribution is 0.00578. The zero-order valence-corrected chi connectivity index (χ0v) is 14.6. The molecular formula is C17H20BN3O4. The fourth-order valence-corrected chi connectivity index (χ4v) is 2.42. The summed E-state index contributed by atoms with van der Waals surface area (Å²) in [5, 5.41) is 2.69. The molecule has 0 bridgehead atoms. The molecule has 7 nitrogen and oxygen atoms in total. The third-order valence-corrected chi connectivity index (χ3v) is 4.60. The van der Waals surface area contributed by atoms with Gasteiger partial charge in [-0.2, -0.15) is 0 Å². The van der Waals surface area contributed by atoms with Crippen LogP contribution in [0.4, 0.5) is 5.69 Å². The summed E-state index contributed by atoms with van der Waals surface area (Å²) in [7, 11) is -0.623. The molecule has 130 valence electrons. The second-order valence-corrected chi connectivity index (χ2v) is 6.92. The number of anilines is 1. The van der Waals surface area contributed by atoms with Crippen molar-refractivity contribution >= 4 is 24.3 Å². The highest BCUT2D eigenvalue weighted by atomic mass is 16.7. The van der Waals surface area contributed by atoms with Crippen molar-refractivity contribution < 1.29 is 14.1 Å². The summed E-state index contributed by atoms with van der Waals surface area (Å²) in [4.78, 5) is 30.7. The van der Waals surface area contributed by atoms with E-state index >= 15 is 0 Å². The van der Waals surface area contributed by atoms with Gasteiger partial charge in [0.15, 0.2) is 0 Å². The lowest BCUT2D eigenvalue weighted by Gasteiger charge is -2.32. The molecule has 8 heteroatoms. The number of aromatic nitrogens is 2. The summed E-state index contributed by atoms with van der Waals surface area (Å²) in [5.74, 6) is -0.493. The first-order chi connectivity index (χ1) is 11.7. The minimum absolute atomic E-state index is 0.0384. The quantitative estimate of drug-likeness (QED) is 0.822. The first-order valence-corrected chi connectivity index (χ1v) is 8.00. The van der Waals surface area contributed by atoms with Gasteiger partial charge in [-0.15, -0.1) is 0 Å². The zero-order valence-electron chi connectivity index (χ0n) is 14.6. The number of carbonyl (C=O) groups is 1. The highest BCUT2D eigenvalue weighted by Gasteiger charge is 2.52. The van der Waals surface area contributed by atoms with Crippen molar-refractivity contribution in [2.24, 2.45) is 0 Å². The van der Waals surface area contributed by atoms with E-state index in [1.54, 1.807) is 24.4 Å². The number of aromatic amines is 1. The van der Waals surface area contributed by atoms with Crippen molar-refractivity contribution in [2.45, 2.75) is 38.9 Å². The molecule has 0 saturated carbocycles. The molecular weight excluding hydrogens is 321 g/mol. The van der Waals surface area contributed by atoms with Gasteiger partial charge in [-0.1, -0.05) is 0 Å². The Morgan fingerprint density at radius 1 is 1.20 bits per heavy atom. The molecule has 1 saturated heterocycles. The zero-order chi connectivity index (χ0) is 18.2. The van der Waals surface area contributed by atoms with Gasteiger partial charge in [0.2, 0.25) is 0 Å². The maximum Gasteiger partial charge on any atom is 0.514 e. The van der Waals surface area contributed by atoms with Crippen LogP contribution in [-0.2, 0) is 9.31 Å². The molecule has 0 unspecified atom stereocenters. The molecule has 1 amide bonds. The molecule has 3 heterocycles. The Bertz CT molecular complexity index is 847. The molecule has 0 spiro atoms. The number of hydrogen-bond acceptors (Lipinski definition) is 5. The van der Waals surface area contributed by atoms with Crippen LogP contribution in [0.25, 0.3) is 0 Å². The second-order valence-electron chi connectivity index (χ2n) is 6.92. The average Bonchev–Trinajstić information content (AvgIpc) is 2.76. The van der Waals surface area contributed by atoms with Crippen molar-refractivity contribution in [1.29, 1.82) is 0 Å². The largest absolute Gasteiger partial charge is 0.514 e. The van der Waals surface area contributed by atoms with Gasteiger partial charge in [0.1, 0.15) is 5.56 Å². The summed E-state index contributed by atoms with van der Waals surface area (Å²) < 4.78 is 11.9. The smallest absolute Gasteiger partial charge is 0.398 e. The Morgan fingerprint density at radius 2 is 1.88 bits per heavy atom. The molecule has 1 aliphatic heterocycles. The third kappa shape index (κ3) is 3.36. The van der Waals surface area contributed by atoms with E-state index in [4.69, 9.17) is 9.31 Å². The number of nitrogens with zero attached hydrogens (tertiary/aromatic N) is 1. The fourth-order valence-electron chi connectivity index (χ4n) is 2.42. The maximum atomic E-state index is 12.3. The summed E-state index contributed by atoms with van der Waals surface area (Å²) >= 11 is 0. The molecule has 2 aromatic rings. The predicted molar refractivity (Wildman–Crippen MR) is 95.0 cm³/mol. The lowest BCUT2D eigenvalue weighted by atomic mass is 9.84. The number of hydrogen-bond donors (Lipinski definition) is 2. The molecule has 0 atom stereocenters. The SMILES string of the molecule is CC1(C)OB(c2cc(NC(=O)c3ccc[nH]c3=O)ccn2)OC1(C)C. The normalized spacial score (nSPS) is 18.2. The summed E-state index contributed by atoms with van der Waals surface area (Å²) in [6.07, 6.45) is 3.03. The minimum Gasteiger partial charge on any atom is -0.398 e. The van der Waals surface area contributed by atoms with Gasteiger partial charge in [0, 0.05) is 18.1 Å². The van der Waals surface area contributed by atoms with Crippen LogP contribution >= 0.6 is 0 Å². The van der Waals surface area contributed by atoms with Crippen molar-refractivity contribution in [3.05, 3.63) is 52.6 Å². The Hall–Kier alpha value is -2.45. The molecule has 3 rings (SSSR count). The van der Waals surface area contributed by atoms with Crippen molar-refractivity contribution in [2.75, 3.05) is 5.32 Å². The summed E-state index contributed by atoms with van der Waals surface area (Å²) in [5.41, 5.74) is -0.297. The predicted octanol–water partition coefficient (Wildman–Crippen LogP) is 1.32. The lowest BCUT2D eigenvalue weighted by Crippen LogP contribution is -2.41. The van der Waals surface area contributed by atoms with Crippen molar-refractivity contribution in [3.63, 3.8) is 0 Å². The second kappa shape index (κ2) is 6.13. The topological polar surface area (TPSA) is 93.3 Å². The third-order valence-electron chi connectivity index (χ3n) is 4.60. The van der Waals surface area contributed by atoms with E-state index in [1.807, 2.05) is 27.7 Å². The van der Waals surface area contributed by atoms with Crippen LogP contribution in [0.1, 0.15) is 38.1 Å². The van der Waals surface area contributed by atoms with E-state index in [-0.39, 0.29) is 5.56 Å². The van der Waals surface area contributed by atoms with Gasteiger partial charge < -0.3 is 19.6 Å². The van der Waals surface area contributed by atoms with Crippen LogP contribution in [0.5, 0.6) is 0 Å². The highest BCUT2D eigenvalue weighted by Crippen LogP contribution is 2.36. The Morgan fingerprint density at radius 3 is 2.52 bits per heavy atom. The van der Waals surface area contributed by atoms with Gasteiger partial charge in [-0.05, 0) is 52.0 Å². The van der Waals surface area contributed by atoms with Crippen molar-refractivity contribution in [3.8, 4) is 0 Å². The van der Waals surface area contributed by atoms with Crippen LogP contribution < -0.4 is 16.5 Å². The maximum absolute atomic E-state index is 12.3. The molecule has 1 aliphatic rings. The first kappa shape index (κ1) is 17.4. The van der Waals surface area contributed by atoms with E-state index < -0.39 is 29.8 Å². The standard InChI is InChI=1S/C17H20BN3O4/c1-16(2)17(3,4)25-18(24-16)13-10-11(7-9-19-13)21-15(23)12-6-5-8-20-14(12)22/h5-10H,1-4H3,(H,20,22)(H,19,21,23). The van der Waals surface area contributed by atoms with Gasteiger partial charge in [0.05, 0.1) is 16.8 Å². The molecule has 0 aromatic carbocycles. The van der Waals surface area contributed by atoms with E-state index in [2.05, 4.69) is 15.3 Å². The first-order valence-electron chi connectivity index (χ1n) is 8.00. The summed E-state index contributed by atoms with van der Waals surface area (Å²) in [6.45, 7) is 7.83. The number of rotatable bonds is 3. The van der Waals surface area contributed by atoms with E-state index in [9.17, 15) is 9.59 Å². The molecule has 25 heavy (non-hydrogen) atoms. The van der Waals surface area contributed by atoms with Crippen LogP contribution in [0, 0.1) is 0 Å². The van der Waals surface area contributed by atoms with E-state index in [0.717, 1.165) is 0 Å². The van der Waals surface area contributed by atoms with Crippen LogP contribution in [0.2, 0.25) is 0 Å². The van der Waals surface area contributed by atoms with Gasteiger partial charge in [-0.25, -0.2) is 0 Å². The van der Waals surface area contributed by atoms with Crippen LogP contribution in [0.3, 0.4) is 0 Å². The number of pyridine rings is 2. The Balaban J connectivity index is 1.80. The summed E-state index contributed by atoms with van der Waals surface area (Å²) in [6, 6.07) is 6.38. The Kier molecular flexibility index (Phi) is 4.26. The van der Waals surface area contributed by atoms with Crippen LogP contribution in [-0.4, -0.2) is 34.2 Å².